The van der Waals surface area contributed by atoms with E-state index in [4.69, 9.17) is 4.74 Å². The molecule has 0 saturated heterocycles. The monoisotopic (exact) mass is 288 g/mol. The van der Waals surface area contributed by atoms with E-state index in [0.717, 1.165) is 11.6 Å². The molecule has 2 atom stereocenters. The van der Waals surface area contributed by atoms with Crippen molar-refractivity contribution in [2.45, 2.75) is 45.9 Å². The molecular formula is C16H24N4O. The number of hydrogen-bond donors (Lipinski definition) is 1. The van der Waals surface area contributed by atoms with Crippen LogP contribution < -0.4 is 10.1 Å². The molecule has 5 nitrogen and oxygen atoms in total. The minimum absolute atomic E-state index is 0.138. The SMILES string of the molecule is CC(C)Oc1ccc(C(C)NC(C)c2nncn2C)cc1. The van der Waals surface area contributed by atoms with Gasteiger partial charge in [0, 0.05) is 13.1 Å². The van der Waals surface area contributed by atoms with E-state index in [0.29, 0.717) is 0 Å². The maximum Gasteiger partial charge on any atom is 0.149 e. The predicted octanol–water partition coefficient (Wildman–Crippen LogP) is 3.01. The summed E-state index contributed by atoms with van der Waals surface area (Å²) in [5.74, 6) is 1.84. The van der Waals surface area contributed by atoms with Crippen LogP contribution in [0.25, 0.3) is 0 Å². The lowest BCUT2D eigenvalue weighted by Crippen LogP contribution is -2.24. The third-order valence-electron chi connectivity index (χ3n) is 3.39. The van der Waals surface area contributed by atoms with Crippen molar-refractivity contribution in [3.8, 4) is 5.75 Å². The van der Waals surface area contributed by atoms with Gasteiger partial charge in [0.25, 0.3) is 0 Å². The van der Waals surface area contributed by atoms with Gasteiger partial charge in [0.2, 0.25) is 0 Å². The highest BCUT2D eigenvalue weighted by molar-refractivity contribution is 5.29. The van der Waals surface area contributed by atoms with Crippen molar-refractivity contribution in [3.63, 3.8) is 0 Å². The van der Waals surface area contributed by atoms with Crippen LogP contribution in [-0.2, 0) is 7.05 Å². The minimum atomic E-state index is 0.138. The van der Waals surface area contributed by atoms with Crippen molar-refractivity contribution < 1.29 is 4.74 Å². The van der Waals surface area contributed by atoms with Crippen LogP contribution in [0.1, 0.15) is 51.2 Å². The Balaban J connectivity index is 2.00. The fourth-order valence-corrected chi connectivity index (χ4v) is 2.34. The Labute approximate surface area is 126 Å². The van der Waals surface area contributed by atoms with Crippen molar-refractivity contribution >= 4 is 0 Å². The van der Waals surface area contributed by atoms with Gasteiger partial charge in [-0.3, -0.25) is 0 Å². The lowest BCUT2D eigenvalue weighted by atomic mass is 10.1. The zero-order valence-corrected chi connectivity index (χ0v) is 13.4. The third kappa shape index (κ3) is 4.04. The van der Waals surface area contributed by atoms with E-state index in [-0.39, 0.29) is 18.2 Å². The highest BCUT2D eigenvalue weighted by Crippen LogP contribution is 2.21. The van der Waals surface area contributed by atoms with Crippen LogP contribution in [0.4, 0.5) is 0 Å². The Morgan fingerprint density at radius 2 is 1.71 bits per heavy atom. The van der Waals surface area contributed by atoms with Crippen LogP contribution >= 0.6 is 0 Å². The van der Waals surface area contributed by atoms with Crippen molar-refractivity contribution in [2.75, 3.05) is 0 Å². The molecule has 1 aromatic heterocycles. The summed E-state index contributed by atoms with van der Waals surface area (Å²) in [7, 11) is 1.95. The smallest absolute Gasteiger partial charge is 0.149 e. The first-order chi connectivity index (χ1) is 9.97. The van der Waals surface area contributed by atoms with E-state index >= 15 is 0 Å². The molecule has 0 amide bonds. The van der Waals surface area contributed by atoms with Gasteiger partial charge in [0.05, 0.1) is 12.1 Å². The van der Waals surface area contributed by atoms with Gasteiger partial charge in [0.15, 0.2) is 0 Å². The molecule has 2 rings (SSSR count). The van der Waals surface area contributed by atoms with Gasteiger partial charge in [-0.15, -0.1) is 10.2 Å². The summed E-state index contributed by atoms with van der Waals surface area (Å²) in [5, 5.41) is 11.6. The number of aryl methyl sites for hydroxylation is 1. The van der Waals surface area contributed by atoms with Gasteiger partial charge in [-0.05, 0) is 45.4 Å². The molecule has 0 aliphatic heterocycles. The van der Waals surface area contributed by atoms with Crippen LogP contribution in [0.15, 0.2) is 30.6 Å². The summed E-state index contributed by atoms with van der Waals surface area (Å²) < 4.78 is 7.60. The normalized spacial score (nSPS) is 14.2. The van der Waals surface area contributed by atoms with E-state index in [2.05, 4.69) is 41.5 Å². The highest BCUT2D eigenvalue weighted by Gasteiger charge is 2.15. The molecular weight excluding hydrogens is 264 g/mol. The average molecular weight is 288 g/mol. The van der Waals surface area contributed by atoms with Crippen LogP contribution in [0.5, 0.6) is 5.75 Å². The molecule has 1 aromatic carbocycles. The first-order valence-electron chi connectivity index (χ1n) is 7.34. The summed E-state index contributed by atoms with van der Waals surface area (Å²) in [5.41, 5.74) is 1.22. The second kappa shape index (κ2) is 6.72. The van der Waals surface area contributed by atoms with Crippen molar-refractivity contribution in [2.24, 2.45) is 7.05 Å². The van der Waals surface area contributed by atoms with Crippen LogP contribution in [-0.4, -0.2) is 20.9 Å². The Morgan fingerprint density at radius 1 is 1.05 bits per heavy atom. The molecule has 0 fully saturated rings. The number of aromatic nitrogens is 3. The molecule has 1 heterocycles. The van der Waals surface area contributed by atoms with Gasteiger partial charge < -0.3 is 14.6 Å². The number of rotatable bonds is 6. The van der Waals surface area contributed by atoms with E-state index in [9.17, 15) is 0 Å². The first kappa shape index (κ1) is 15.5. The van der Waals surface area contributed by atoms with Gasteiger partial charge in [-0.2, -0.15) is 0 Å². The molecule has 0 aliphatic rings. The van der Waals surface area contributed by atoms with E-state index in [1.165, 1.54) is 5.56 Å². The van der Waals surface area contributed by atoms with Crippen LogP contribution in [0, 0.1) is 0 Å². The van der Waals surface area contributed by atoms with Crippen molar-refractivity contribution in [3.05, 3.63) is 42.0 Å². The van der Waals surface area contributed by atoms with E-state index in [1.807, 2.05) is 37.6 Å². The molecule has 1 N–H and O–H groups in total. The Bertz CT molecular complexity index is 562. The second-order valence-corrected chi connectivity index (χ2v) is 5.65. The number of nitrogens with zero attached hydrogens (tertiary/aromatic N) is 3. The molecule has 21 heavy (non-hydrogen) atoms. The fourth-order valence-electron chi connectivity index (χ4n) is 2.34. The molecule has 0 spiro atoms. The Morgan fingerprint density at radius 3 is 2.24 bits per heavy atom. The quantitative estimate of drug-likeness (QED) is 0.887. The van der Waals surface area contributed by atoms with Crippen LogP contribution in [0.2, 0.25) is 0 Å². The molecule has 114 valence electrons. The molecule has 0 saturated carbocycles. The average Bonchev–Trinajstić information content (AvgIpc) is 2.85. The van der Waals surface area contributed by atoms with Gasteiger partial charge >= 0.3 is 0 Å². The zero-order valence-electron chi connectivity index (χ0n) is 13.4. The van der Waals surface area contributed by atoms with Gasteiger partial charge in [-0.25, -0.2) is 0 Å². The summed E-state index contributed by atoms with van der Waals surface area (Å²) in [6.45, 7) is 8.29. The van der Waals surface area contributed by atoms with Crippen LogP contribution in [0.3, 0.4) is 0 Å². The summed E-state index contributed by atoms with van der Waals surface area (Å²) in [4.78, 5) is 0. The predicted molar refractivity (Wildman–Crippen MR) is 83.2 cm³/mol. The largest absolute Gasteiger partial charge is 0.491 e. The minimum Gasteiger partial charge on any atom is -0.491 e. The number of benzene rings is 1. The summed E-state index contributed by atoms with van der Waals surface area (Å²) >= 11 is 0. The van der Waals surface area contributed by atoms with Gasteiger partial charge in [-0.1, -0.05) is 12.1 Å². The molecule has 0 bridgehead atoms. The zero-order chi connectivity index (χ0) is 15.4. The topological polar surface area (TPSA) is 52.0 Å². The molecule has 2 unspecified atom stereocenters. The molecule has 0 aliphatic carbocycles. The number of ether oxygens (including phenoxy) is 1. The Hall–Kier alpha value is -1.88. The van der Waals surface area contributed by atoms with Crippen molar-refractivity contribution in [1.82, 2.24) is 20.1 Å². The van der Waals surface area contributed by atoms with Gasteiger partial charge in [0.1, 0.15) is 17.9 Å². The fraction of sp³-hybridized carbons (Fsp3) is 0.500. The Kier molecular flexibility index (Phi) is 4.96. The summed E-state index contributed by atoms with van der Waals surface area (Å²) in [6.07, 6.45) is 1.92. The maximum atomic E-state index is 5.66. The highest BCUT2D eigenvalue weighted by atomic mass is 16.5. The standard InChI is InChI=1S/C16H24N4O/c1-11(2)21-15-8-6-14(7-9-15)12(3)18-13(4)16-19-17-10-20(16)5/h6-13,18H,1-5H3. The first-order valence-corrected chi connectivity index (χ1v) is 7.34. The molecule has 5 heteroatoms. The molecule has 0 radical (unpaired) electrons. The second-order valence-electron chi connectivity index (χ2n) is 5.65. The maximum absolute atomic E-state index is 5.66. The van der Waals surface area contributed by atoms with Crippen molar-refractivity contribution in [1.29, 1.82) is 0 Å². The lowest BCUT2D eigenvalue weighted by Gasteiger charge is -2.20. The lowest BCUT2D eigenvalue weighted by molar-refractivity contribution is 0.242. The van der Waals surface area contributed by atoms with E-state index in [1.54, 1.807) is 6.33 Å². The summed E-state index contributed by atoms with van der Waals surface area (Å²) in [6, 6.07) is 8.59. The number of nitrogens with one attached hydrogen (secondary N) is 1. The van der Waals surface area contributed by atoms with E-state index < -0.39 is 0 Å². The third-order valence-corrected chi connectivity index (χ3v) is 3.39. The molecule has 2 aromatic rings. The number of hydrogen-bond acceptors (Lipinski definition) is 4.